The van der Waals surface area contributed by atoms with E-state index in [2.05, 4.69) is 25.2 Å². The van der Waals surface area contributed by atoms with Crippen molar-refractivity contribution in [2.45, 2.75) is 44.3 Å². The summed E-state index contributed by atoms with van der Waals surface area (Å²) in [6.07, 6.45) is 2.33. The van der Waals surface area contributed by atoms with Crippen molar-refractivity contribution < 1.29 is 29.1 Å². The number of nitrogens with two attached hydrogens (primary N) is 1. The van der Waals surface area contributed by atoms with Gasteiger partial charge in [-0.1, -0.05) is 22.7 Å². The minimum Gasteiger partial charge on any atom is -0.549 e. The van der Waals surface area contributed by atoms with E-state index < -0.39 is 41.8 Å². The third kappa shape index (κ3) is 6.96. The van der Waals surface area contributed by atoms with Crippen molar-refractivity contribution in [1.29, 1.82) is 0 Å². The summed E-state index contributed by atoms with van der Waals surface area (Å²) in [5.74, 6) is -4.00. The monoisotopic (exact) mass is 586 g/mol. The summed E-state index contributed by atoms with van der Waals surface area (Å²) in [5.41, 5.74) is 7.79. The topological polar surface area (TPSA) is 203 Å². The van der Waals surface area contributed by atoms with E-state index in [9.17, 15) is 29.1 Å². The van der Waals surface area contributed by atoms with Crippen molar-refractivity contribution in [3.8, 4) is 0 Å². The van der Waals surface area contributed by atoms with Crippen LogP contribution in [-0.2, 0) is 25.6 Å². The Bertz CT molecular complexity index is 1420. The van der Waals surface area contributed by atoms with Crippen molar-refractivity contribution in [2.24, 2.45) is 5.73 Å². The number of aryl methyl sites for hydroxylation is 1. The van der Waals surface area contributed by atoms with Gasteiger partial charge in [0.1, 0.15) is 17.0 Å². The van der Waals surface area contributed by atoms with Gasteiger partial charge in [0.05, 0.1) is 17.4 Å². The zero-order valence-electron chi connectivity index (χ0n) is 21.5. The number of hydrogen-bond acceptors (Lipinski definition) is 10. The average molecular weight is 587 g/mol. The quantitative estimate of drug-likeness (QED) is 0.220. The van der Waals surface area contributed by atoms with Gasteiger partial charge >= 0.3 is 0 Å². The first kappa shape index (κ1) is 29.0. The fourth-order valence-corrected chi connectivity index (χ4v) is 5.82. The van der Waals surface area contributed by atoms with E-state index in [-0.39, 0.29) is 36.8 Å². The molecule has 212 valence electrons. The maximum Gasteiger partial charge on any atom is 0.265 e. The molecule has 1 aliphatic rings. The second-order valence-corrected chi connectivity index (χ2v) is 11.1. The number of hydrogen-bond donors (Lipinski definition) is 4. The molecular formula is C25H28N7O6S2-. The van der Waals surface area contributed by atoms with Crippen molar-refractivity contribution in [3.63, 3.8) is 0 Å². The summed E-state index contributed by atoms with van der Waals surface area (Å²) >= 11 is 1.82. The molecule has 0 aliphatic carbocycles. The van der Waals surface area contributed by atoms with E-state index in [0.717, 1.165) is 39.8 Å². The highest BCUT2D eigenvalue weighted by Gasteiger charge is 2.38. The van der Waals surface area contributed by atoms with Crippen LogP contribution in [0.4, 0.5) is 0 Å². The molecule has 0 saturated carbocycles. The van der Waals surface area contributed by atoms with Crippen LogP contribution < -0.4 is 21.5 Å². The molecule has 0 bridgehead atoms. The van der Waals surface area contributed by atoms with Crippen LogP contribution in [0.3, 0.4) is 0 Å². The number of carboxylic acid groups (broad SMARTS) is 1. The van der Waals surface area contributed by atoms with Crippen LogP contribution >= 0.6 is 23.3 Å². The van der Waals surface area contributed by atoms with Crippen LogP contribution in [0, 0.1) is 6.92 Å². The third-order valence-electron chi connectivity index (χ3n) is 6.62. The Kier molecular flexibility index (Phi) is 9.37. The van der Waals surface area contributed by atoms with Gasteiger partial charge in [-0.2, -0.15) is 0 Å². The Hall–Kier alpha value is -3.98. The lowest BCUT2D eigenvalue weighted by Crippen LogP contribution is -2.60. The lowest BCUT2D eigenvalue weighted by atomic mass is 9.95. The number of aromatic nitrogens is 3. The van der Waals surface area contributed by atoms with Crippen molar-refractivity contribution in [1.82, 2.24) is 30.1 Å². The number of carboxylic acids is 1. The summed E-state index contributed by atoms with van der Waals surface area (Å²) in [5, 5.41) is 21.1. The Morgan fingerprint density at radius 3 is 2.73 bits per heavy atom. The molecule has 0 spiro atoms. The van der Waals surface area contributed by atoms with Crippen LogP contribution in [0.5, 0.6) is 0 Å². The van der Waals surface area contributed by atoms with Crippen molar-refractivity contribution in [3.05, 3.63) is 46.6 Å². The minimum absolute atomic E-state index is 0.0817. The Labute approximate surface area is 237 Å². The molecule has 1 fully saturated rings. The summed E-state index contributed by atoms with van der Waals surface area (Å²) in [7, 11) is 0. The van der Waals surface area contributed by atoms with E-state index in [0.29, 0.717) is 17.0 Å². The molecule has 0 radical (unpaired) electrons. The number of aromatic amines is 1. The summed E-state index contributed by atoms with van der Waals surface area (Å²) in [6.45, 7) is 1.80. The van der Waals surface area contributed by atoms with Gasteiger partial charge in [0, 0.05) is 41.9 Å². The number of nitrogens with one attached hydrogen (secondary N) is 3. The van der Waals surface area contributed by atoms with Crippen molar-refractivity contribution >= 4 is 63.8 Å². The number of carbonyl (C=O) groups excluding carboxylic acids is 5. The molecule has 1 aliphatic heterocycles. The number of fused-ring (bicyclic) bond motifs is 1. The van der Waals surface area contributed by atoms with Crippen LogP contribution in [0.15, 0.2) is 30.5 Å². The molecule has 1 saturated heterocycles. The number of amides is 4. The molecular weight excluding hydrogens is 558 g/mol. The van der Waals surface area contributed by atoms with Crippen LogP contribution in [0.1, 0.15) is 33.8 Å². The number of piperidine rings is 1. The van der Waals surface area contributed by atoms with Crippen molar-refractivity contribution in [2.75, 3.05) is 18.1 Å². The fourth-order valence-electron chi connectivity index (χ4n) is 4.65. The maximum absolute atomic E-state index is 13.6. The molecule has 13 nitrogen and oxygen atoms in total. The first-order valence-electron chi connectivity index (χ1n) is 12.5. The van der Waals surface area contributed by atoms with E-state index in [4.69, 9.17) is 5.73 Å². The summed E-state index contributed by atoms with van der Waals surface area (Å²) in [4.78, 5) is 67.3. The summed E-state index contributed by atoms with van der Waals surface area (Å²) < 4.78 is 3.77. The Morgan fingerprint density at radius 2 is 2.02 bits per heavy atom. The summed E-state index contributed by atoms with van der Waals surface area (Å²) in [6, 6.07) is 4.97. The van der Waals surface area contributed by atoms with Gasteiger partial charge in [0.25, 0.3) is 5.91 Å². The number of para-hydroxylation sites is 1. The molecule has 2 aromatic heterocycles. The second-order valence-electron chi connectivity index (χ2n) is 9.38. The van der Waals surface area contributed by atoms with Gasteiger partial charge in [-0.05, 0) is 42.9 Å². The number of aliphatic carboxylic acids is 1. The van der Waals surface area contributed by atoms with Gasteiger partial charge in [-0.3, -0.25) is 19.2 Å². The SMILES string of the molecule is Cc1nnsc1C(=O)N[C@H]1CCN(C(=O)CSCC(=O)[O-])[C@H](C(=O)N[C@H](Cc2c[nH]c3ccccc23)C(N)=O)C1. The number of carbonyl (C=O) groups is 5. The first-order valence-corrected chi connectivity index (χ1v) is 14.4. The van der Waals surface area contributed by atoms with Crippen LogP contribution in [0.25, 0.3) is 10.9 Å². The number of H-pyrrole nitrogens is 1. The van der Waals surface area contributed by atoms with Gasteiger partial charge in [0.15, 0.2) is 0 Å². The van der Waals surface area contributed by atoms with E-state index >= 15 is 0 Å². The number of nitrogens with zero attached hydrogens (tertiary/aromatic N) is 3. The zero-order valence-corrected chi connectivity index (χ0v) is 23.2. The predicted molar refractivity (Wildman–Crippen MR) is 146 cm³/mol. The normalized spacial score (nSPS) is 17.8. The predicted octanol–water partition coefficient (Wildman–Crippen LogP) is -0.887. The fraction of sp³-hybridized carbons (Fsp3) is 0.400. The molecule has 5 N–H and O–H groups in total. The van der Waals surface area contributed by atoms with Crippen LogP contribution in [0.2, 0.25) is 0 Å². The zero-order chi connectivity index (χ0) is 28.8. The molecule has 15 heteroatoms. The van der Waals surface area contributed by atoms with Gasteiger partial charge in [-0.15, -0.1) is 16.9 Å². The lowest BCUT2D eigenvalue weighted by molar-refractivity contribution is -0.301. The number of benzene rings is 1. The van der Waals surface area contributed by atoms with Gasteiger partial charge in [-0.25, -0.2) is 0 Å². The van der Waals surface area contributed by atoms with E-state index in [1.807, 2.05) is 24.3 Å². The van der Waals surface area contributed by atoms with Crippen LogP contribution in [-0.4, -0.2) is 85.2 Å². The molecule has 0 unspecified atom stereocenters. The highest BCUT2D eigenvalue weighted by Crippen LogP contribution is 2.22. The Balaban J connectivity index is 1.50. The van der Waals surface area contributed by atoms with E-state index in [1.54, 1.807) is 13.1 Å². The standard InChI is InChI=1S/C25H29N7O6S2/c1-13-22(40-31-30-13)25(38)28-15-6-7-32(20(33)11-39-12-21(34)35)19(9-15)24(37)29-18(23(26)36)8-14-10-27-17-5-3-2-4-16(14)17/h2-5,10,15,18-19,27H,6-9,11-12H2,1H3,(H2,26,36)(H,28,38)(H,29,37)(H,34,35)/p-1/t15-,18+,19-/m0/s1. The first-order chi connectivity index (χ1) is 19.1. The van der Waals surface area contributed by atoms with Gasteiger partial charge in [0.2, 0.25) is 17.7 Å². The Morgan fingerprint density at radius 1 is 1.25 bits per heavy atom. The molecule has 3 atom stereocenters. The molecule has 3 aromatic rings. The second kappa shape index (κ2) is 12.9. The average Bonchev–Trinajstić information content (AvgIpc) is 3.54. The number of rotatable bonds is 11. The maximum atomic E-state index is 13.6. The van der Waals surface area contributed by atoms with E-state index in [1.165, 1.54) is 4.90 Å². The number of thioether (sulfide) groups is 1. The lowest BCUT2D eigenvalue weighted by Gasteiger charge is -2.39. The molecule has 1 aromatic carbocycles. The smallest absolute Gasteiger partial charge is 0.265 e. The largest absolute Gasteiger partial charge is 0.549 e. The van der Waals surface area contributed by atoms with Gasteiger partial charge < -0.3 is 36.2 Å². The highest BCUT2D eigenvalue weighted by molar-refractivity contribution is 8.00. The number of likely N-dealkylation sites (tertiary alicyclic amines) is 1. The third-order valence-corrected chi connectivity index (χ3v) is 8.34. The molecule has 4 rings (SSSR count). The minimum atomic E-state index is -1.30. The molecule has 40 heavy (non-hydrogen) atoms. The number of primary amides is 1. The highest BCUT2D eigenvalue weighted by atomic mass is 32.2. The molecule has 3 heterocycles. The molecule has 4 amide bonds.